The Bertz CT molecular complexity index is 717. The molecule has 0 aliphatic heterocycles. The van der Waals surface area contributed by atoms with Gasteiger partial charge in [0.2, 0.25) is 0 Å². The van der Waals surface area contributed by atoms with Gasteiger partial charge in [0.1, 0.15) is 5.75 Å². The van der Waals surface area contributed by atoms with Crippen molar-refractivity contribution < 1.29 is 9.53 Å². The molecule has 0 spiro atoms. The highest BCUT2D eigenvalue weighted by Gasteiger charge is 2.18. The second-order valence-corrected chi connectivity index (χ2v) is 6.36. The molecule has 3 nitrogen and oxygen atoms in total. The first-order chi connectivity index (χ1) is 10.8. The van der Waals surface area contributed by atoms with Crippen LogP contribution in [0.15, 0.2) is 30.3 Å². The normalized spacial score (nSPS) is 11.9. The molecule has 0 radical (unpaired) electrons. The van der Waals surface area contributed by atoms with Crippen LogP contribution in [0.25, 0.3) is 0 Å². The van der Waals surface area contributed by atoms with Gasteiger partial charge in [0.05, 0.1) is 5.02 Å². The molecule has 0 aromatic heterocycles. The van der Waals surface area contributed by atoms with E-state index in [0.29, 0.717) is 10.8 Å². The van der Waals surface area contributed by atoms with Crippen molar-refractivity contribution in [1.82, 2.24) is 0 Å². The molecule has 4 heteroatoms. The quantitative estimate of drug-likeness (QED) is 0.858. The van der Waals surface area contributed by atoms with Crippen LogP contribution in [0.2, 0.25) is 5.02 Å². The van der Waals surface area contributed by atoms with E-state index in [9.17, 15) is 4.79 Å². The first-order valence-electron chi connectivity index (χ1n) is 7.59. The predicted octanol–water partition coefficient (Wildman–Crippen LogP) is 4.98. The number of halogens is 1. The van der Waals surface area contributed by atoms with Crippen LogP contribution in [0.3, 0.4) is 0 Å². The van der Waals surface area contributed by atoms with E-state index in [4.69, 9.17) is 16.3 Å². The molecule has 2 rings (SSSR count). The third kappa shape index (κ3) is 4.26. The molecule has 0 saturated heterocycles. The van der Waals surface area contributed by atoms with Crippen LogP contribution in [0.4, 0.5) is 5.69 Å². The highest BCUT2D eigenvalue weighted by Crippen LogP contribution is 2.27. The van der Waals surface area contributed by atoms with E-state index in [0.717, 1.165) is 22.4 Å². The molecule has 1 amide bonds. The van der Waals surface area contributed by atoms with Gasteiger partial charge in [0.25, 0.3) is 5.91 Å². The Hall–Kier alpha value is -2.00. The van der Waals surface area contributed by atoms with Gasteiger partial charge in [-0.05, 0) is 63.4 Å². The number of carbonyl (C=O) groups is 1. The maximum absolute atomic E-state index is 12.4. The Labute approximate surface area is 142 Å². The third-order valence-corrected chi connectivity index (χ3v) is 4.00. The van der Waals surface area contributed by atoms with Crippen LogP contribution in [0.5, 0.6) is 5.75 Å². The summed E-state index contributed by atoms with van der Waals surface area (Å²) in [6.07, 6.45) is -0.644. The van der Waals surface area contributed by atoms with Crippen molar-refractivity contribution in [1.29, 1.82) is 0 Å². The van der Waals surface area contributed by atoms with Crippen molar-refractivity contribution >= 4 is 23.2 Å². The van der Waals surface area contributed by atoms with Crippen molar-refractivity contribution in [2.45, 2.75) is 40.7 Å². The minimum Gasteiger partial charge on any atom is -0.479 e. The van der Waals surface area contributed by atoms with Crippen molar-refractivity contribution in [3.63, 3.8) is 0 Å². The second kappa shape index (κ2) is 7.05. The number of amides is 1. The van der Waals surface area contributed by atoms with Crippen LogP contribution in [0, 0.1) is 27.7 Å². The molecular formula is C19H22ClNO2. The van der Waals surface area contributed by atoms with Crippen molar-refractivity contribution in [3.8, 4) is 5.75 Å². The van der Waals surface area contributed by atoms with E-state index < -0.39 is 6.10 Å². The number of hydrogen-bond acceptors (Lipinski definition) is 2. The molecule has 0 heterocycles. The zero-order chi connectivity index (χ0) is 17.1. The van der Waals surface area contributed by atoms with Crippen LogP contribution in [-0.2, 0) is 4.79 Å². The van der Waals surface area contributed by atoms with E-state index in [1.807, 2.05) is 52.0 Å². The first kappa shape index (κ1) is 17.4. The van der Waals surface area contributed by atoms with Gasteiger partial charge in [0, 0.05) is 5.69 Å². The number of aryl methyl sites for hydroxylation is 4. The van der Waals surface area contributed by atoms with Crippen molar-refractivity contribution in [3.05, 3.63) is 57.6 Å². The number of carbonyl (C=O) groups excluding carboxylic acids is 1. The number of hydrogen-bond donors (Lipinski definition) is 1. The molecule has 2 aromatic carbocycles. The summed E-state index contributed by atoms with van der Waals surface area (Å²) in [5, 5.41) is 3.45. The average molecular weight is 332 g/mol. The van der Waals surface area contributed by atoms with Gasteiger partial charge in [-0.3, -0.25) is 4.79 Å². The lowest BCUT2D eigenvalue weighted by atomic mass is 10.0. The van der Waals surface area contributed by atoms with Crippen LogP contribution in [-0.4, -0.2) is 12.0 Å². The SMILES string of the molecule is Cc1cc(C)c(NC(=O)C(C)Oc2cc(C)ccc2Cl)c(C)c1. The zero-order valence-corrected chi connectivity index (χ0v) is 14.9. The van der Waals surface area contributed by atoms with Crippen molar-refractivity contribution in [2.75, 3.05) is 5.32 Å². The smallest absolute Gasteiger partial charge is 0.265 e. The summed E-state index contributed by atoms with van der Waals surface area (Å²) in [5.41, 5.74) is 5.12. The Balaban J connectivity index is 2.13. The molecule has 2 aromatic rings. The Morgan fingerprint density at radius 2 is 1.65 bits per heavy atom. The Morgan fingerprint density at radius 1 is 1.04 bits per heavy atom. The van der Waals surface area contributed by atoms with Gasteiger partial charge in [0.15, 0.2) is 6.10 Å². The summed E-state index contributed by atoms with van der Waals surface area (Å²) in [6, 6.07) is 9.59. The molecule has 0 aliphatic carbocycles. The second-order valence-electron chi connectivity index (χ2n) is 5.96. The largest absolute Gasteiger partial charge is 0.479 e. The van der Waals surface area contributed by atoms with E-state index in [2.05, 4.69) is 5.32 Å². The molecule has 1 unspecified atom stereocenters. The summed E-state index contributed by atoms with van der Waals surface area (Å²) in [7, 11) is 0. The lowest BCUT2D eigenvalue weighted by Crippen LogP contribution is -2.30. The summed E-state index contributed by atoms with van der Waals surface area (Å²) in [4.78, 5) is 12.4. The van der Waals surface area contributed by atoms with Gasteiger partial charge < -0.3 is 10.1 Å². The van der Waals surface area contributed by atoms with Gasteiger partial charge in [-0.2, -0.15) is 0 Å². The van der Waals surface area contributed by atoms with Crippen molar-refractivity contribution in [2.24, 2.45) is 0 Å². The highest BCUT2D eigenvalue weighted by molar-refractivity contribution is 6.32. The minimum absolute atomic E-state index is 0.197. The summed E-state index contributed by atoms with van der Waals surface area (Å²) < 4.78 is 5.72. The fraction of sp³-hybridized carbons (Fsp3) is 0.316. The minimum atomic E-state index is -0.644. The topological polar surface area (TPSA) is 38.3 Å². The Kier molecular flexibility index (Phi) is 5.32. The average Bonchev–Trinajstić information content (AvgIpc) is 2.46. The first-order valence-corrected chi connectivity index (χ1v) is 7.97. The maximum Gasteiger partial charge on any atom is 0.265 e. The van der Waals surface area contributed by atoms with E-state index in [-0.39, 0.29) is 5.91 Å². The zero-order valence-electron chi connectivity index (χ0n) is 14.2. The summed E-state index contributed by atoms with van der Waals surface area (Å²) in [5.74, 6) is 0.323. The highest BCUT2D eigenvalue weighted by atomic mass is 35.5. The van der Waals surface area contributed by atoms with Gasteiger partial charge in [-0.25, -0.2) is 0 Å². The lowest BCUT2D eigenvalue weighted by Gasteiger charge is -2.18. The lowest BCUT2D eigenvalue weighted by molar-refractivity contribution is -0.122. The standard InChI is InChI=1S/C19H22ClNO2/c1-11-6-7-16(20)17(10-11)23-15(5)19(22)21-18-13(3)8-12(2)9-14(18)4/h6-10,15H,1-5H3,(H,21,22). The number of nitrogens with one attached hydrogen (secondary N) is 1. The number of anilines is 1. The maximum atomic E-state index is 12.4. The summed E-state index contributed by atoms with van der Waals surface area (Å²) >= 11 is 6.12. The fourth-order valence-corrected chi connectivity index (χ4v) is 2.71. The Morgan fingerprint density at radius 3 is 2.26 bits per heavy atom. The molecule has 0 saturated carbocycles. The number of ether oxygens (including phenoxy) is 1. The number of rotatable bonds is 4. The monoisotopic (exact) mass is 331 g/mol. The molecule has 0 bridgehead atoms. The molecule has 122 valence electrons. The summed E-state index contributed by atoms with van der Waals surface area (Å²) in [6.45, 7) is 9.67. The molecular weight excluding hydrogens is 310 g/mol. The number of benzene rings is 2. The molecule has 0 fully saturated rings. The molecule has 1 N–H and O–H groups in total. The predicted molar refractivity (Wildman–Crippen MR) is 95.6 cm³/mol. The van der Waals surface area contributed by atoms with Crippen LogP contribution in [0.1, 0.15) is 29.2 Å². The van der Waals surface area contributed by atoms with Crippen LogP contribution >= 0.6 is 11.6 Å². The van der Waals surface area contributed by atoms with E-state index in [1.165, 1.54) is 5.56 Å². The van der Waals surface area contributed by atoms with E-state index >= 15 is 0 Å². The van der Waals surface area contributed by atoms with Gasteiger partial charge in [-0.15, -0.1) is 0 Å². The van der Waals surface area contributed by atoms with Crippen LogP contribution < -0.4 is 10.1 Å². The van der Waals surface area contributed by atoms with Gasteiger partial charge >= 0.3 is 0 Å². The fourth-order valence-electron chi connectivity index (χ4n) is 2.55. The molecule has 23 heavy (non-hydrogen) atoms. The molecule has 0 aliphatic rings. The van der Waals surface area contributed by atoms with Gasteiger partial charge in [-0.1, -0.05) is 35.4 Å². The van der Waals surface area contributed by atoms with E-state index in [1.54, 1.807) is 13.0 Å². The molecule has 1 atom stereocenters. The third-order valence-electron chi connectivity index (χ3n) is 3.68.